The van der Waals surface area contributed by atoms with Gasteiger partial charge in [-0.25, -0.2) is 4.39 Å². The number of pyridine rings is 1. The Bertz CT molecular complexity index is 1040. The number of nitrogens with zero attached hydrogens (tertiary/aromatic N) is 3. The van der Waals surface area contributed by atoms with Crippen molar-refractivity contribution in [1.29, 1.82) is 0 Å². The van der Waals surface area contributed by atoms with Crippen LogP contribution in [0.2, 0.25) is 5.02 Å². The lowest BCUT2D eigenvalue weighted by Gasteiger charge is -2.41. The Balaban J connectivity index is 2.04. The quantitative estimate of drug-likeness (QED) is 0.510. The molecule has 1 aromatic carbocycles. The Morgan fingerprint density at radius 2 is 2.00 bits per heavy atom. The Morgan fingerprint density at radius 3 is 2.63 bits per heavy atom. The summed E-state index contributed by atoms with van der Waals surface area (Å²) < 4.78 is 25.9. The summed E-state index contributed by atoms with van der Waals surface area (Å²) in [5.74, 6) is -1.73. The molecule has 2 heterocycles. The first kappa shape index (κ1) is 21.6. The molecule has 1 aliphatic rings. The predicted molar refractivity (Wildman–Crippen MR) is 107 cm³/mol. The van der Waals surface area contributed by atoms with Crippen molar-refractivity contribution in [2.45, 2.75) is 33.4 Å². The highest BCUT2D eigenvalue weighted by molar-refractivity contribution is 6.30. The van der Waals surface area contributed by atoms with Crippen molar-refractivity contribution < 1.29 is 23.5 Å². The first-order valence-electron chi connectivity index (χ1n) is 9.21. The van der Waals surface area contributed by atoms with Gasteiger partial charge in [0.25, 0.3) is 5.91 Å². The fourth-order valence-corrected chi connectivity index (χ4v) is 3.22. The van der Waals surface area contributed by atoms with Crippen LogP contribution in [-0.4, -0.2) is 41.0 Å². The van der Waals surface area contributed by atoms with Crippen LogP contribution in [0.4, 0.5) is 4.39 Å². The minimum Gasteiger partial charge on any atom is -0.451 e. The minimum atomic E-state index is -0.588. The number of carbonyl (C=O) groups excluding carboxylic acids is 2. The number of benzene rings is 1. The van der Waals surface area contributed by atoms with E-state index in [0.29, 0.717) is 5.56 Å². The van der Waals surface area contributed by atoms with E-state index < -0.39 is 29.9 Å². The van der Waals surface area contributed by atoms with Crippen molar-refractivity contribution in [1.82, 2.24) is 9.58 Å². The summed E-state index contributed by atoms with van der Waals surface area (Å²) in [7, 11) is 0. The maximum atomic E-state index is 14.4. The average Bonchev–Trinajstić information content (AvgIpc) is 2.66. The number of halogens is 2. The largest absolute Gasteiger partial charge is 0.451 e. The number of esters is 1. The van der Waals surface area contributed by atoms with Gasteiger partial charge in [0, 0.05) is 35.8 Å². The molecule has 0 saturated carbocycles. The molecule has 1 aromatic heterocycles. The van der Waals surface area contributed by atoms with Gasteiger partial charge in [-0.1, -0.05) is 17.7 Å². The molecule has 160 valence electrons. The molecule has 0 radical (unpaired) electrons. The number of ether oxygens (including phenoxy) is 2. The van der Waals surface area contributed by atoms with Crippen molar-refractivity contribution in [3.8, 4) is 5.75 Å². The van der Waals surface area contributed by atoms with Gasteiger partial charge in [0.15, 0.2) is 5.69 Å². The molecule has 8 nitrogen and oxygen atoms in total. The Hall–Kier alpha value is -3.07. The van der Waals surface area contributed by atoms with E-state index in [2.05, 4.69) is 0 Å². The summed E-state index contributed by atoms with van der Waals surface area (Å²) in [6.07, 6.45) is 1.43. The number of fused-ring (bicyclic) bond motifs is 1. The monoisotopic (exact) mass is 437 g/mol. The summed E-state index contributed by atoms with van der Waals surface area (Å²) in [5, 5.41) is 1.97. The van der Waals surface area contributed by atoms with Gasteiger partial charge in [-0.05, 0) is 26.0 Å². The van der Waals surface area contributed by atoms with Gasteiger partial charge in [0.2, 0.25) is 18.0 Å². The SMILES string of the molecule is CC(=O)OCOc1c2n(ccc1=O)N(Cc1ccc(Cl)cc1F)CN(C(C)C)C2=O. The number of aromatic nitrogens is 1. The maximum absolute atomic E-state index is 14.4. The van der Waals surface area contributed by atoms with Crippen molar-refractivity contribution in [2.24, 2.45) is 0 Å². The number of hydrogen-bond acceptors (Lipinski definition) is 6. The standard InChI is InChI=1S/C20H21ClFN3O5/c1-12(2)24-10-23(9-14-4-5-15(21)8-16(14)22)25-7-6-17(27)19(18(25)20(24)28)30-11-29-13(3)26/h4-8,12H,9-11H2,1-3H3. The van der Waals surface area contributed by atoms with Gasteiger partial charge in [-0.3, -0.25) is 24.1 Å². The van der Waals surface area contributed by atoms with E-state index in [4.69, 9.17) is 21.1 Å². The highest BCUT2D eigenvalue weighted by Gasteiger charge is 2.34. The molecular weight excluding hydrogens is 417 g/mol. The highest BCUT2D eigenvalue weighted by atomic mass is 35.5. The summed E-state index contributed by atoms with van der Waals surface area (Å²) in [4.78, 5) is 38.0. The molecule has 2 aromatic rings. The van der Waals surface area contributed by atoms with E-state index >= 15 is 0 Å². The van der Waals surface area contributed by atoms with Crippen LogP contribution < -0.4 is 15.2 Å². The van der Waals surface area contributed by atoms with Crippen LogP contribution in [0.1, 0.15) is 36.8 Å². The van der Waals surface area contributed by atoms with Crippen molar-refractivity contribution in [3.63, 3.8) is 0 Å². The Kier molecular flexibility index (Phi) is 6.31. The van der Waals surface area contributed by atoms with E-state index in [1.165, 1.54) is 34.8 Å². The van der Waals surface area contributed by atoms with E-state index in [9.17, 15) is 18.8 Å². The molecule has 1 aliphatic heterocycles. The molecule has 3 rings (SSSR count). The van der Waals surface area contributed by atoms with Crippen LogP contribution in [0.25, 0.3) is 0 Å². The van der Waals surface area contributed by atoms with E-state index in [1.807, 2.05) is 13.8 Å². The molecule has 0 saturated heterocycles. The third-order valence-corrected chi connectivity index (χ3v) is 4.81. The lowest BCUT2D eigenvalue weighted by molar-refractivity contribution is -0.147. The molecule has 10 heteroatoms. The first-order chi connectivity index (χ1) is 14.2. The molecule has 1 amide bonds. The molecule has 0 unspecified atom stereocenters. The second kappa shape index (κ2) is 8.74. The second-order valence-corrected chi connectivity index (χ2v) is 7.45. The first-order valence-corrected chi connectivity index (χ1v) is 9.58. The summed E-state index contributed by atoms with van der Waals surface area (Å²) in [6.45, 7) is 4.62. The molecule has 0 spiro atoms. The number of hydrogen-bond donors (Lipinski definition) is 0. The van der Waals surface area contributed by atoms with Crippen molar-refractivity contribution in [2.75, 3.05) is 18.5 Å². The van der Waals surface area contributed by atoms with Gasteiger partial charge < -0.3 is 14.4 Å². The minimum absolute atomic E-state index is 0.0241. The van der Waals surface area contributed by atoms with Gasteiger partial charge >= 0.3 is 5.97 Å². The van der Waals surface area contributed by atoms with Crippen LogP contribution in [-0.2, 0) is 16.1 Å². The molecule has 0 aliphatic carbocycles. The topological polar surface area (TPSA) is 81.1 Å². The van der Waals surface area contributed by atoms with Crippen LogP contribution in [0.15, 0.2) is 35.3 Å². The van der Waals surface area contributed by atoms with Crippen LogP contribution in [0.3, 0.4) is 0 Å². The van der Waals surface area contributed by atoms with Crippen molar-refractivity contribution in [3.05, 3.63) is 62.8 Å². The predicted octanol–water partition coefficient (Wildman–Crippen LogP) is 2.50. The third kappa shape index (κ3) is 4.40. The van der Waals surface area contributed by atoms with Crippen LogP contribution >= 0.6 is 11.6 Å². The van der Waals surface area contributed by atoms with Gasteiger partial charge in [0.1, 0.15) is 12.5 Å². The maximum Gasteiger partial charge on any atom is 0.305 e. The highest BCUT2D eigenvalue weighted by Crippen LogP contribution is 2.24. The summed E-state index contributed by atoms with van der Waals surface area (Å²) >= 11 is 5.83. The smallest absolute Gasteiger partial charge is 0.305 e. The van der Waals surface area contributed by atoms with Crippen molar-refractivity contribution >= 4 is 23.5 Å². The Labute approximate surface area is 177 Å². The summed E-state index contributed by atoms with van der Waals surface area (Å²) in [5.41, 5.74) is -0.196. The second-order valence-electron chi connectivity index (χ2n) is 7.01. The fourth-order valence-electron chi connectivity index (χ4n) is 3.07. The fraction of sp³-hybridized carbons (Fsp3) is 0.350. The molecule has 0 fully saturated rings. The van der Waals surface area contributed by atoms with E-state index in [1.54, 1.807) is 17.1 Å². The molecule has 30 heavy (non-hydrogen) atoms. The number of rotatable bonds is 6. The zero-order valence-corrected chi connectivity index (χ0v) is 17.5. The average molecular weight is 438 g/mol. The van der Waals surface area contributed by atoms with Gasteiger partial charge in [-0.15, -0.1) is 0 Å². The lowest BCUT2D eigenvalue weighted by Crippen LogP contribution is -2.56. The molecule has 0 bridgehead atoms. The zero-order chi connectivity index (χ0) is 22.0. The zero-order valence-electron chi connectivity index (χ0n) is 16.7. The number of amides is 1. The number of carbonyl (C=O) groups is 2. The Morgan fingerprint density at radius 1 is 1.27 bits per heavy atom. The van der Waals surface area contributed by atoms with Crippen LogP contribution in [0.5, 0.6) is 5.75 Å². The lowest BCUT2D eigenvalue weighted by atomic mass is 10.2. The normalized spacial score (nSPS) is 13.5. The molecule has 0 atom stereocenters. The summed E-state index contributed by atoms with van der Waals surface area (Å²) in [6, 6.07) is 5.39. The van der Waals surface area contributed by atoms with E-state index in [-0.39, 0.29) is 35.7 Å². The molecule has 0 N–H and O–H groups in total. The molecular formula is C20H21ClFN3O5. The van der Waals surface area contributed by atoms with Crippen LogP contribution in [0, 0.1) is 5.82 Å². The van der Waals surface area contributed by atoms with Gasteiger partial charge in [-0.2, -0.15) is 0 Å². The third-order valence-electron chi connectivity index (χ3n) is 4.58. The van der Waals surface area contributed by atoms with Gasteiger partial charge in [0.05, 0.1) is 6.54 Å². The van der Waals surface area contributed by atoms with E-state index in [0.717, 1.165) is 0 Å².